The summed E-state index contributed by atoms with van der Waals surface area (Å²) in [6, 6.07) is 5.49. The lowest BCUT2D eigenvalue weighted by Crippen LogP contribution is -2.17. The van der Waals surface area contributed by atoms with Gasteiger partial charge in [0.2, 0.25) is 5.82 Å². The summed E-state index contributed by atoms with van der Waals surface area (Å²) in [7, 11) is 3.23. The van der Waals surface area contributed by atoms with Crippen LogP contribution < -0.4 is 15.2 Å². The molecule has 7 nitrogen and oxygen atoms in total. The number of aryl methyl sites for hydroxylation is 2. The Labute approximate surface area is 156 Å². The van der Waals surface area contributed by atoms with E-state index in [0.717, 1.165) is 28.6 Å². The lowest BCUT2D eigenvalue weighted by molar-refractivity contribution is 0.354. The molecule has 0 aliphatic carbocycles. The molecule has 2 N–H and O–H groups in total. The minimum atomic E-state index is -0.227. The second-order valence-corrected chi connectivity index (χ2v) is 6.91. The van der Waals surface area contributed by atoms with E-state index < -0.39 is 0 Å². The van der Waals surface area contributed by atoms with Crippen molar-refractivity contribution in [3.63, 3.8) is 0 Å². The van der Waals surface area contributed by atoms with Gasteiger partial charge in [-0.05, 0) is 31.5 Å². The quantitative estimate of drug-likeness (QED) is 0.685. The SMILES string of the molecule is CCn1nc(-c2csc(C)n2)nc1C[C@H](N)c1ccc(OC)c(OC)c1. The van der Waals surface area contributed by atoms with Gasteiger partial charge in [-0.1, -0.05) is 6.07 Å². The van der Waals surface area contributed by atoms with Gasteiger partial charge in [-0.2, -0.15) is 0 Å². The van der Waals surface area contributed by atoms with Crippen LogP contribution in [0.25, 0.3) is 11.5 Å². The number of thiazole rings is 1. The minimum absolute atomic E-state index is 0.227. The molecule has 0 fully saturated rings. The molecule has 3 aromatic rings. The number of hydrogen-bond acceptors (Lipinski definition) is 7. The second kappa shape index (κ2) is 7.84. The molecule has 138 valence electrons. The zero-order valence-electron chi connectivity index (χ0n) is 15.4. The van der Waals surface area contributed by atoms with Crippen LogP contribution in [0.3, 0.4) is 0 Å². The molecule has 0 saturated carbocycles. The predicted molar refractivity (Wildman–Crippen MR) is 102 cm³/mol. The number of aromatic nitrogens is 4. The summed E-state index contributed by atoms with van der Waals surface area (Å²) in [4.78, 5) is 9.13. The zero-order valence-corrected chi connectivity index (χ0v) is 16.2. The Bertz CT molecular complexity index is 890. The van der Waals surface area contributed by atoms with Crippen LogP contribution in [0.5, 0.6) is 11.5 Å². The fraction of sp³-hybridized carbons (Fsp3) is 0.389. The molecular weight excluding hydrogens is 350 g/mol. The third-order valence-corrected chi connectivity index (χ3v) is 4.91. The Kier molecular flexibility index (Phi) is 5.53. The van der Waals surface area contributed by atoms with Gasteiger partial charge in [-0.15, -0.1) is 16.4 Å². The van der Waals surface area contributed by atoms with Gasteiger partial charge < -0.3 is 15.2 Å². The topological polar surface area (TPSA) is 88.1 Å². The van der Waals surface area contributed by atoms with E-state index >= 15 is 0 Å². The molecule has 1 atom stereocenters. The van der Waals surface area contributed by atoms with Gasteiger partial charge in [-0.3, -0.25) is 0 Å². The van der Waals surface area contributed by atoms with E-state index in [2.05, 4.69) is 15.1 Å². The van der Waals surface area contributed by atoms with Crippen LogP contribution in [0.15, 0.2) is 23.6 Å². The number of hydrogen-bond donors (Lipinski definition) is 1. The minimum Gasteiger partial charge on any atom is -0.493 e. The summed E-state index contributed by atoms with van der Waals surface area (Å²) in [5.41, 5.74) is 8.19. The molecule has 0 amide bonds. The summed E-state index contributed by atoms with van der Waals surface area (Å²) in [6.07, 6.45) is 0.569. The summed E-state index contributed by atoms with van der Waals surface area (Å²) in [6.45, 7) is 4.74. The number of methoxy groups -OCH3 is 2. The Hall–Kier alpha value is -2.45. The van der Waals surface area contributed by atoms with Gasteiger partial charge in [0.1, 0.15) is 11.5 Å². The number of benzene rings is 1. The Morgan fingerprint density at radius 1 is 1.19 bits per heavy atom. The monoisotopic (exact) mass is 373 g/mol. The molecule has 1 aromatic carbocycles. The molecule has 0 aliphatic heterocycles. The smallest absolute Gasteiger partial charge is 0.200 e. The first-order chi connectivity index (χ1) is 12.5. The van der Waals surface area contributed by atoms with Crippen molar-refractivity contribution >= 4 is 11.3 Å². The molecule has 0 spiro atoms. The summed E-state index contributed by atoms with van der Waals surface area (Å²) in [5, 5.41) is 7.54. The Balaban J connectivity index is 1.85. The van der Waals surface area contributed by atoms with Crippen molar-refractivity contribution in [1.29, 1.82) is 0 Å². The van der Waals surface area contributed by atoms with Gasteiger partial charge >= 0.3 is 0 Å². The maximum Gasteiger partial charge on any atom is 0.200 e. The van der Waals surface area contributed by atoms with Crippen LogP contribution >= 0.6 is 11.3 Å². The highest BCUT2D eigenvalue weighted by Gasteiger charge is 2.17. The maximum atomic E-state index is 6.43. The molecule has 0 unspecified atom stereocenters. The first kappa shape index (κ1) is 18.3. The summed E-state index contributed by atoms with van der Waals surface area (Å²) < 4.78 is 12.5. The van der Waals surface area contributed by atoms with E-state index in [1.165, 1.54) is 0 Å². The first-order valence-electron chi connectivity index (χ1n) is 8.39. The van der Waals surface area contributed by atoms with Crippen LogP contribution in [-0.2, 0) is 13.0 Å². The molecule has 0 saturated heterocycles. The number of nitrogens with two attached hydrogens (primary N) is 1. The normalized spacial score (nSPS) is 12.2. The maximum absolute atomic E-state index is 6.43. The van der Waals surface area contributed by atoms with Crippen LogP contribution in [0, 0.1) is 6.92 Å². The molecular formula is C18H23N5O2S. The van der Waals surface area contributed by atoms with Gasteiger partial charge in [0.15, 0.2) is 11.5 Å². The van der Waals surface area contributed by atoms with Crippen LogP contribution in [-0.4, -0.2) is 34.0 Å². The van der Waals surface area contributed by atoms with Gasteiger partial charge in [-0.25, -0.2) is 14.6 Å². The number of nitrogens with zero attached hydrogens (tertiary/aromatic N) is 4. The van der Waals surface area contributed by atoms with Crippen molar-refractivity contribution in [2.24, 2.45) is 5.73 Å². The lowest BCUT2D eigenvalue weighted by Gasteiger charge is -2.15. The molecule has 3 rings (SSSR count). The third-order valence-electron chi connectivity index (χ3n) is 4.13. The Morgan fingerprint density at radius 3 is 2.58 bits per heavy atom. The largest absolute Gasteiger partial charge is 0.493 e. The average molecular weight is 373 g/mol. The summed E-state index contributed by atoms with van der Waals surface area (Å²) in [5.74, 6) is 2.83. The standard InChI is InChI=1S/C18H23N5O2S/c1-5-23-17(21-18(22-23)14-10-26-11(2)20-14)9-13(19)12-6-7-15(24-3)16(8-12)25-4/h6-8,10,13H,5,9,19H2,1-4H3/t13-/m0/s1. The highest BCUT2D eigenvalue weighted by molar-refractivity contribution is 7.09. The second-order valence-electron chi connectivity index (χ2n) is 5.84. The van der Waals surface area contributed by atoms with Gasteiger partial charge in [0.25, 0.3) is 0 Å². The molecule has 26 heavy (non-hydrogen) atoms. The van der Waals surface area contributed by atoms with Crippen LogP contribution in [0.2, 0.25) is 0 Å². The highest BCUT2D eigenvalue weighted by Crippen LogP contribution is 2.30. The van der Waals surface area contributed by atoms with E-state index in [1.54, 1.807) is 25.6 Å². The fourth-order valence-corrected chi connectivity index (χ4v) is 3.34. The number of rotatable bonds is 7. The molecule has 0 aliphatic rings. The van der Waals surface area contributed by atoms with Crippen molar-refractivity contribution < 1.29 is 9.47 Å². The molecule has 0 radical (unpaired) electrons. The van der Waals surface area contributed by atoms with E-state index in [-0.39, 0.29) is 6.04 Å². The number of ether oxygens (including phenoxy) is 2. The van der Waals surface area contributed by atoms with E-state index in [4.69, 9.17) is 15.2 Å². The van der Waals surface area contributed by atoms with Crippen LogP contribution in [0.1, 0.15) is 29.4 Å². The predicted octanol–water partition coefficient (Wildman–Crippen LogP) is 2.99. The Morgan fingerprint density at radius 2 is 1.96 bits per heavy atom. The third kappa shape index (κ3) is 3.71. The van der Waals surface area contributed by atoms with E-state index in [9.17, 15) is 0 Å². The fourth-order valence-electron chi connectivity index (χ4n) is 2.75. The lowest BCUT2D eigenvalue weighted by atomic mass is 10.0. The van der Waals surface area contributed by atoms with Crippen LogP contribution in [0.4, 0.5) is 0 Å². The van der Waals surface area contributed by atoms with Crippen molar-refractivity contribution in [2.45, 2.75) is 32.9 Å². The highest BCUT2D eigenvalue weighted by atomic mass is 32.1. The average Bonchev–Trinajstić information content (AvgIpc) is 3.26. The van der Waals surface area contributed by atoms with Gasteiger partial charge in [0, 0.05) is 24.4 Å². The molecule has 2 heterocycles. The van der Waals surface area contributed by atoms with Crippen molar-refractivity contribution in [3.05, 3.63) is 40.0 Å². The van der Waals surface area contributed by atoms with Gasteiger partial charge in [0.05, 0.1) is 19.2 Å². The van der Waals surface area contributed by atoms with E-state index in [1.807, 2.05) is 42.1 Å². The first-order valence-corrected chi connectivity index (χ1v) is 9.27. The van der Waals surface area contributed by atoms with Crippen molar-refractivity contribution in [2.75, 3.05) is 14.2 Å². The zero-order chi connectivity index (χ0) is 18.7. The van der Waals surface area contributed by atoms with E-state index in [0.29, 0.717) is 23.7 Å². The summed E-state index contributed by atoms with van der Waals surface area (Å²) >= 11 is 1.59. The molecule has 8 heteroatoms. The molecule has 2 aromatic heterocycles. The van der Waals surface area contributed by atoms with Crippen molar-refractivity contribution in [1.82, 2.24) is 19.7 Å². The molecule has 0 bridgehead atoms. The van der Waals surface area contributed by atoms with Crippen molar-refractivity contribution in [3.8, 4) is 23.0 Å².